The minimum absolute atomic E-state index is 0.291. The van der Waals surface area contributed by atoms with E-state index < -0.39 is 12.0 Å². The van der Waals surface area contributed by atoms with Crippen molar-refractivity contribution in [3.8, 4) is 0 Å². The minimum Gasteiger partial charge on any atom is -0.480 e. The van der Waals surface area contributed by atoms with Gasteiger partial charge in [-0.1, -0.05) is 12.1 Å². The van der Waals surface area contributed by atoms with Gasteiger partial charge in [-0.15, -0.1) is 0 Å². The molecular weight excluding hydrogens is 173 g/mol. The zero-order valence-corrected chi connectivity index (χ0v) is 6.75. The first kappa shape index (κ1) is 8.19. The van der Waals surface area contributed by atoms with Crippen LogP contribution in [0.5, 0.6) is 0 Å². The van der Waals surface area contributed by atoms with Crippen LogP contribution in [0.25, 0.3) is 0 Å². The van der Waals surface area contributed by atoms with Gasteiger partial charge in [0.2, 0.25) is 0 Å². The molecule has 0 radical (unpaired) electrons. The molecule has 1 aliphatic heterocycles. The number of benzene rings is 1. The maximum atomic E-state index is 13.1. The number of carboxylic acid groups (broad SMARTS) is 1. The molecule has 1 aromatic rings. The van der Waals surface area contributed by atoms with Gasteiger partial charge in [0.05, 0.1) is 0 Å². The molecule has 13 heavy (non-hydrogen) atoms. The third kappa shape index (κ3) is 1.19. The zero-order valence-electron chi connectivity index (χ0n) is 6.75. The first-order chi connectivity index (χ1) is 6.20. The highest BCUT2D eigenvalue weighted by Gasteiger charge is 2.29. The van der Waals surface area contributed by atoms with Crippen LogP contribution in [0, 0.1) is 5.82 Å². The van der Waals surface area contributed by atoms with Gasteiger partial charge in [0.15, 0.2) is 0 Å². The van der Waals surface area contributed by atoms with Gasteiger partial charge in [-0.2, -0.15) is 0 Å². The summed E-state index contributed by atoms with van der Waals surface area (Å²) < 4.78 is 13.1. The highest BCUT2D eigenvalue weighted by atomic mass is 19.1. The molecular formula is C9H8FNO2. The fourth-order valence-corrected chi connectivity index (χ4v) is 1.57. The Bertz CT molecular complexity index is 365. The molecule has 0 fully saturated rings. The van der Waals surface area contributed by atoms with E-state index in [1.54, 1.807) is 6.07 Å². The van der Waals surface area contributed by atoms with Crippen LogP contribution in [-0.2, 0) is 11.3 Å². The second-order valence-electron chi connectivity index (χ2n) is 2.96. The lowest BCUT2D eigenvalue weighted by Crippen LogP contribution is -2.21. The van der Waals surface area contributed by atoms with Crippen molar-refractivity contribution in [2.24, 2.45) is 0 Å². The van der Waals surface area contributed by atoms with Gasteiger partial charge < -0.3 is 5.11 Å². The van der Waals surface area contributed by atoms with E-state index in [9.17, 15) is 9.18 Å². The fourth-order valence-electron chi connectivity index (χ4n) is 1.57. The number of carbonyl (C=O) groups is 1. The van der Waals surface area contributed by atoms with Crippen LogP contribution in [0.2, 0.25) is 0 Å². The Balaban J connectivity index is 2.49. The predicted octanol–water partition coefficient (Wildman–Crippen LogP) is 1.05. The summed E-state index contributed by atoms with van der Waals surface area (Å²) in [4.78, 5) is 10.7. The van der Waals surface area contributed by atoms with Crippen LogP contribution >= 0.6 is 0 Å². The Morgan fingerprint density at radius 1 is 1.62 bits per heavy atom. The van der Waals surface area contributed by atoms with Gasteiger partial charge in [0, 0.05) is 12.1 Å². The van der Waals surface area contributed by atoms with Gasteiger partial charge in [-0.3, -0.25) is 10.1 Å². The monoisotopic (exact) mass is 181 g/mol. The first-order valence-electron chi connectivity index (χ1n) is 3.93. The van der Waals surface area contributed by atoms with Crippen LogP contribution in [0.15, 0.2) is 18.2 Å². The summed E-state index contributed by atoms with van der Waals surface area (Å²) in [7, 11) is 0. The molecule has 2 rings (SSSR count). The molecule has 2 N–H and O–H groups in total. The normalized spacial score (nSPS) is 19.9. The molecule has 0 spiro atoms. The Morgan fingerprint density at radius 2 is 2.38 bits per heavy atom. The lowest BCUT2D eigenvalue weighted by atomic mass is 10.1. The van der Waals surface area contributed by atoms with Gasteiger partial charge in [0.1, 0.15) is 11.9 Å². The van der Waals surface area contributed by atoms with Crippen molar-refractivity contribution in [2.75, 3.05) is 0 Å². The van der Waals surface area contributed by atoms with Crippen LogP contribution in [0.3, 0.4) is 0 Å². The molecule has 0 saturated heterocycles. The Kier molecular flexibility index (Phi) is 1.77. The van der Waals surface area contributed by atoms with Crippen molar-refractivity contribution < 1.29 is 14.3 Å². The van der Waals surface area contributed by atoms with Crippen LogP contribution in [0.4, 0.5) is 4.39 Å². The summed E-state index contributed by atoms with van der Waals surface area (Å²) in [6.45, 7) is 0.291. The van der Waals surface area contributed by atoms with Gasteiger partial charge >= 0.3 is 5.97 Å². The number of rotatable bonds is 1. The Hall–Kier alpha value is -1.42. The van der Waals surface area contributed by atoms with E-state index in [4.69, 9.17) is 5.11 Å². The van der Waals surface area contributed by atoms with E-state index in [1.165, 1.54) is 12.1 Å². The van der Waals surface area contributed by atoms with E-state index in [0.717, 1.165) is 0 Å². The molecule has 0 bridgehead atoms. The van der Waals surface area contributed by atoms with E-state index in [0.29, 0.717) is 17.7 Å². The van der Waals surface area contributed by atoms with Gasteiger partial charge in [-0.25, -0.2) is 4.39 Å². The summed E-state index contributed by atoms with van der Waals surface area (Å²) in [5, 5.41) is 11.5. The van der Waals surface area contributed by atoms with Crippen molar-refractivity contribution in [2.45, 2.75) is 12.6 Å². The van der Waals surface area contributed by atoms with Gasteiger partial charge in [0.25, 0.3) is 0 Å². The molecule has 0 saturated carbocycles. The summed E-state index contributed by atoms with van der Waals surface area (Å²) in [5.41, 5.74) is 1.00. The smallest absolute Gasteiger partial charge is 0.325 e. The largest absolute Gasteiger partial charge is 0.480 e. The molecule has 1 unspecified atom stereocenters. The lowest BCUT2D eigenvalue weighted by molar-refractivity contribution is -0.139. The minimum atomic E-state index is -0.968. The number of nitrogens with one attached hydrogen (secondary N) is 1. The maximum absolute atomic E-state index is 13.1. The maximum Gasteiger partial charge on any atom is 0.325 e. The zero-order chi connectivity index (χ0) is 9.42. The van der Waals surface area contributed by atoms with Gasteiger partial charge in [-0.05, 0) is 11.6 Å². The third-order valence-corrected chi connectivity index (χ3v) is 2.20. The number of halogens is 1. The van der Waals surface area contributed by atoms with Crippen LogP contribution in [0.1, 0.15) is 17.2 Å². The molecule has 68 valence electrons. The fraction of sp³-hybridized carbons (Fsp3) is 0.222. The quantitative estimate of drug-likeness (QED) is 0.680. The number of fused-ring (bicyclic) bond motifs is 1. The predicted molar refractivity (Wildman–Crippen MR) is 43.6 cm³/mol. The molecule has 0 aliphatic carbocycles. The van der Waals surface area contributed by atoms with E-state index >= 15 is 0 Å². The average Bonchev–Trinajstić information content (AvgIpc) is 2.48. The molecule has 4 heteroatoms. The standard InChI is InChI=1S/C9H8FNO2/c10-7-3-1-2-5-6(7)4-11-8(5)9(12)13/h1-3,8,11H,4H2,(H,12,13). The summed E-state index contributed by atoms with van der Waals surface area (Å²) in [6, 6.07) is 3.74. The van der Waals surface area contributed by atoms with Crippen LogP contribution < -0.4 is 5.32 Å². The van der Waals surface area contributed by atoms with E-state index in [-0.39, 0.29) is 5.82 Å². The number of carboxylic acids is 1. The van der Waals surface area contributed by atoms with Crippen molar-refractivity contribution in [1.29, 1.82) is 0 Å². The molecule has 0 amide bonds. The number of hydrogen-bond donors (Lipinski definition) is 2. The molecule has 1 aliphatic rings. The topological polar surface area (TPSA) is 49.3 Å². The van der Waals surface area contributed by atoms with Crippen molar-refractivity contribution in [3.05, 3.63) is 35.1 Å². The second-order valence-corrected chi connectivity index (χ2v) is 2.96. The SMILES string of the molecule is O=C(O)C1NCc2c(F)cccc21. The number of hydrogen-bond acceptors (Lipinski definition) is 2. The first-order valence-corrected chi connectivity index (χ1v) is 3.93. The van der Waals surface area contributed by atoms with E-state index in [1.807, 2.05) is 0 Å². The Morgan fingerprint density at radius 3 is 3.08 bits per heavy atom. The van der Waals surface area contributed by atoms with Crippen molar-refractivity contribution in [1.82, 2.24) is 5.32 Å². The summed E-state index contributed by atoms with van der Waals surface area (Å²) in [6.07, 6.45) is 0. The second kappa shape index (κ2) is 2.81. The average molecular weight is 181 g/mol. The lowest BCUT2D eigenvalue weighted by Gasteiger charge is -2.04. The molecule has 1 atom stereocenters. The summed E-state index contributed by atoms with van der Waals surface area (Å²) >= 11 is 0. The molecule has 1 aromatic carbocycles. The van der Waals surface area contributed by atoms with E-state index in [2.05, 4.69) is 5.32 Å². The summed E-state index contributed by atoms with van der Waals surface area (Å²) in [5.74, 6) is -1.31. The van der Waals surface area contributed by atoms with Crippen LogP contribution in [-0.4, -0.2) is 11.1 Å². The highest BCUT2D eigenvalue weighted by molar-refractivity contribution is 5.77. The van der Waals surface area contributed by atoms with Crippen molar-refractivity contribution in [3.63, 3.8) is 0 Å². The van der Waals surface area contributed by atoms with Crippen molar-refractivity contribution >= 4 is 5.97 Å². The third-order valence-electron chi connectivity index (χ3n) is 2.20. The Labute approximate surface area is 74.2 Å². The number of aliphatic carboxylic acids is 1. The highest BCUT2D eigenvalue weighted by Crippen LogP contribution is 2.26. The molecule has 0 aromatic heterocycles. The molecule has 3 nitrogen and oxygen atoms in total. The molecule has 1 heterocycles.